The van der Waals surface area contributed by atoms with E-state index in [4.69, 9.17) is 0 Å². The van der Waals surface area contributed by atoms with E-state index in [1.54, 1.807) is 18.5 Å². The van der Waals surface area contributed by atoms with Crippen molar-refractivity contribution in [3.05, 3.63) is 35.1 Å². The number of aryl methyl sites for hydroxylation is 1. The number of aromatic amines is 1. The summed E-state index contributed by atoms with van der Waals surface area (Å²) in [6.07, 6.45) is 4.71. The first-order chi connectivity index (χ1) is 10.3. The fourth-order valence-electron chi connectivity index (χ4n) is 1.98. The SMILES string of the molecule is CCCCc1nnc(NC(=O)c2ccc3nc[nH]c3c2)s1. The highest BCUT2D eigenvalue weighted by Gasteiger charge is 2.11. The molecule has 2 heterocycles. The minimum atomic E-state index is -0.190. The van der Waals surface area contributed by atoms with Crippen molar-refractivity contribution in [3.8, 4) is 0 Å². The Kier molecular flexibility index (Phi) is 3.92. The molecule has 3 rings (SSSR count). The van der Waals surface area contributed by atoms with Crippen LogP contribution in [0.3, 0.4) is 0 Å². The molecular weight excluding hydrogens is 286 g/mol. The second-order valence-electron chi connectivity index (χ2n) is 4.69. The van der Waals surface area contributed by atoms with Gasteiger partial charge in [-0.05, 0) is 24.6 Å². The van der Waals surface area contributed by atoms with E-state index in [1.807, 2.05) is 6.07 Å². The number of carbonyl (C=O) groups excluding carboxylic acids is 1. The summed E-state index contributed by atoms with van der Waals surface area (Å²) >= 11 is 1.43. The number of amides is 1. The summed E-state index contributed by atoms with van der Waals surface area (Å²) in [7, 11) is 0. The number of rotatable bonds is 5. The quantitative estimate of drug-likeness (QED) is 0.758. The van der Waals surface area contributed by atoms with Crippen LogP contribution < -0.4 is 5.32 Å². The second kappa shape index (κ2) is 6.01. The van der Waals surface area contributed by atoms with Gasteiger partial charge in [0, 0.05) is 12.0 Å². The zero-order chi connectivity index (χ0) is 14.7. The Labute approximate surface area is 125 Å². The maximum absolute atomic E-state index is 12.2. The molecule has 0 atom stereocenters. The maximum Gasteiger partial charge on any atom is 0.257 e. The topological polar surface area (TPSA) is 83.6 Å². The minimum absolute atomic E-state index is 0.190. The number of aromatic nitrogens is 4. The molecule has 0 aliphatic heterocycles. The number of unbranched alkanes of at least 4 members (excludes halogenated alkanes) is 1. The number of anilines is 1. The van der Waals surface area contributed by atoms with E-state index in [1.165, 1.54) is 11.3 Å². The largest absolute Gasteiger partial charge is 0.345 e. The van der Waals surface area contributed by atoms with Crippen LogP contribution in [0.2, 0.25) is 0 Å². The predicted octanol–water partition coefficient (Wildman–Crippen LogP) is 3.01. The molecule has 0 spiro atoms. The number of fused-ring (bicyclic) bond motifs is 1. The van der Waals surface area contributed by atoms with Crippen molar-refractivity contribution < 1.29 is 4.79 Å². The molecule has 0 saturated carbocycles. The first-order valence-electron chi connectivity index (χ1n) is 6.83. The van der Waals surface area contributed by atoms with Gasteiger partial charge in [-0.15, -0.1) is 10.2 Å². The van der Waals surface area contributed by atoms with Crippen LogP contribution >= 0.6 is 11.3 Å². The van der Waals surface area contributed by atoms with Crippen LogP contribution in [0.1, 0.15) is 35.1 Å². The molecule has 0 radical (unpaired) electrons. The van der Waals surface area contributed by atoms with Crippen LogP contribution in [0.5, 0.6) is 0 Å². The molecule has 0 saturated heterocycles. The van der Waals surface area contributed by atoms with E-state index in [0.717, 1.165) is 35.3 Å². The Morgan fingerprint density at radius 2 is 2.29 bits per heavy atom. The fraction of sp³-hybridized carbons (Fsp3) is 0.286. The number of benzene rings is 1. The van der Waals surface area contributed by atoms with Gasteiger partial charge in [0.2, 0.25) is 5.13 Å². The minimum Gasteiger partial charge on any atom is -0.345 e. The molecule has 2 aromatic heterocycles. The van der Waals surface area contributed by atoms with Gasteiger partial charge in [0.05, 0.1) is 17.4 Å². The molecule has 6 nitrogen and oxygen atoms in total. The third kappa shape index (κ3) is 3.08. The van der Waals surface area contributed by atoms with Crippen LogP contribution in [-0.2, 0) is 6.42 Å². The van der Waals surface area contributed by atoms with Crippen molar-refractivity contribution in [1.82, 2.24) is 20.2 Å². The Morgan fingerprint density at radius 1 is 1.38 bits per heavy atom. The zero-order valence-electron chi connectivity index (χ0n) is 11.6. The summed E-state index contributed by atoms with van der Waals surface area (Å²) < 4.78 is 0. The molecule has 7 heteroatoms. The Hall–Kier alpha value is -2.28. The molecule has 2 N–H and O–H groups in total. The lowest BCUT2D eigenvalue weighted by molar-refractivity contribution is 0.102. The average Bonchev–Trinajstić information content (AvgIpc) is 3.12. The standard InChI is InChI=1S/C14H15N5OS/c1-2-3-4-12-18-19-14(21-12)17-13(20)9-5-6-10-11(7-9)16-8-15-10/h5-8H,2-4H2,1H3,(H,15,16)(H,17,19,20). The van der Waals surface area contributed by atoms with Gasteiger partial charge < -0.3 is 4.98 Å². The number of carbonyl (C=O) groups is 1. The van der Waals surface area contributed by atoms with Gasteiger partial charge in [-0.2, -0.15) is 0 Å². The number of H-pyrrole nitrogens is 1. The summed E-state index contributed by atoms with van der Waals surface area (Å²) in [4.78, 5) is 19.3. The van der Waals surface area contributed by atoms with Gasteiger partial charge in [0.1, 0.15) is 5.01 Å². The fourth-order valence-corrected chi connectivity index (χ4v) is 2.76. The highest BCUT2D eigenvalue weighted by atomic mass is 32.1. The van der Waals surface area contributed by atoms with E-state index in [9.17, 15) is 4.79 Å². The van der Waals surface area contributed by atoms with Crippen molar-refractivity contribution in [2.45, 2.75) is 26.2 Å². The Morgan fingerprint density at radius 3 is 3.14 bits per heavy atom. The summed E-state index contributed by atoms with van der Waals surface area (Å²) in [5.74, 6) is -0.190. The van der Waals surface area contributed by atoms with E-state index >= 15 is 0 Å². The van der Waals surface area contributed by atoms with Gasteiger partial charge in [-0.25, -0.2) is 4.98 Å². The number of nitrogens with zero attached hydrogens (tertiary/aromatic N) is 3. The van der Waals surface area contributed by atoms with Crippen molar-refractivity contribution >= 4 is 33.4 Å². The maximum atomic E-state index is 12.2. The molecule has 3 aromatic rings. The third-order valence-electron chi connectivity index (χ3n) is 3.11. The molecule has 1 aromatic carbocycles. The number of nitrogens with one attached hydrogen (secondary N) is 2. The molecular formula is C14H15N5OS. The van der Waals surface area contributed by atoms with Crippen LogP contribution in [0.15, 0.2) is 24.5 Å². The van der Waals surface area contributed by atoms with Crippen molar-refractivity contribution in [2.24, 2.45) is 0 Å². The second-order valence-corrected chi connectivity index (χ2v) is 5.76. The average molecular weight is 301 g/mol. The number of hydrogen-bond acceptors (Lipinski definition) is 5. The first-order valence-corrected chi connectivity index (χ1v) is 7.65. The van der Waals surface area contributed by atoms with Crippen LogP contribution in [0.4, 0.5) is 5.13 Å². The first kappa shape index (κ1) is 13.7. The summed E-state index contributed by atoms with van der Waals surface area (Å²) in [6, 6.07) is 5.34. The predicted molar refractivity (Wildman–Crippen MR) is 82.6 cm³/mol. The molecule has 108 valence electrons. The van der Waals surface area contributed by atoms with Crippen LogP contribution in [0.25, 0.3) is 11.0 Å². The molecule has 0 unspecified atom stereocenters. The van der Waals surface area contributed by atoms with Crippen LogP contribution in [0, 0.1) is 0 Å². The van der Waals surface area contributed by atoms with Crippen molar-refractivity contribution in [1.29, 1.82) is 0 Å². The Balaban J connectivity index is 1.71. The monoisotopic (exact) mass is 301 g/mol. The Bertz CT molecular complexity index is 763. The molecule has 0 aliphatic carbocycles. The molecule has 0 aliphatic rings. The highest BCUT2D eigenvalue weighted by Crippen LogP contribution is 2.19. The van der Waals surface area contributed by atoms with E-state index < -0.39 is 0 Å². The van der Waals surface area contributed by atoms with Gasteiger partial charge in [-0.1, -0.05) is 24.7 Å². The molecule has 0 bridgehead atoms. The van der Waals surface area contributed by atoms with E-state index in [-0.39, 0.29) is 5.91 Å². The summed E-state index contributed by atoms with van der Waals surface area (Å²) in [5.41, 5.74) is 2.24. The van der Waals surface area contributed by atoms with Crippen LogP contribution in [-0.4, -0.2) is 26.1 Å². The lowest BCUT2D eigenvalue weighted by Crippen LogP contribution is -2.11. The lowest BCUT2D eigenvalue weighted by Gasteiger charge is -2.00. The van der Waals surface area contributed by atoms with Gasteiger partial charge in [0.25, 0.3) is 5.91 Å². The highest BCUT2D eigenvalue weighted by molar-refractivity contribution is 7.15. The third-order valence-corrected chi connectivity index (χ3v) is 4.01. The normalized spacial score (nSPS) is 10.9. The molecule has 1 amide bonds. The van der Waals surface area contributed by atoms with Gasteiger partial charge in [-0.3, -0.25) is 10.1 Å². The smallest absolute Gasteiger partial charge is 0.257 e. The summed E-state index contributed by atoms with van der Waals surface area (Å²) in [6.45, 7) is 2.13. The van der Waals surface area contributed by atoms with Gasteiger partial charge in [0.15, 0.2) is 0 Å². The van der Waals surface area contributed by atoms with Crippen molar-refractivity contribution in [2.75, 3.05) is 5.32 Å². The molecule has 0 fully saturated rings. The van der Waals surface area contributed by atoms with E-state index in [2.05, 4.69) is 32.4 Å². The molecule has 21 heavy (non-hydrogen) atoms. The lowest BCUT2D eigenvalue weighted by atomic mass is 10.2. The van der Waals surface area contributed by atoms with Crippen molar-refractivity contribution in [3.63, 3.8) is 0 Å². The summed E-state index contributed by atoms with van der Waals surface area (Å²) in [5, 5.41) is 12.4. The van der Waals surface area contributed by atoms with E-state index in [0.29, 0.717) is 10.7 Å². The number of imidazole rings is 1. The van der Waals surface area contributed by atoms with Gasteiger partial charge >= 0.3 is 0 Å². The number of hydrogen-bond donors (Lipinski definition) is 2. The zero-order valence-corrected chi connectivity index (χ0v) is 12.4.